The molecule has 134 valence electrons. The van der Waals surface area contributed by atoms with E-state index < -0.39 is 6.04 Å². The molecular formula is C19H18ClN3O3. The summed E-state index contributed by atoms with van der Waals surface area (Å²) in [5, 5.41) is 8.72. The van der Waals surface area contributed by atoms with Crippen LogP contribution in [0.25, 0.3) is 0 Å². The van der Waals surface area contributed by atoms with Crippen LogP contribution in [0.2, 0.25) is 5.02 Å². The molecule has 0 saturated carbocycles. The predicted octanol–water partition coefficient (Wildman–Crippen LogP) is 3.62. The molecular weight excluding hydrogens is 354 g/mol. The summed E-state index contributed by atoms with van der Waals surface area (Å²) in [6.07, 6.45) is 0. The Labute approximate surface area is 156 Å². The molecule has 0 spiro atoms. The van der Waals surface area contributed by atoms with Gasteiger partial charge in [0.2, 0.25) is 0 Å². The van der Waals surface area contributed by atoms with E-state index >= 15 is 0 Å². The van der Waals surface area contributed by atoms with Crippen LogP contribution in [0, 0.1) is 0 Å². The summed E-state index contributed by atoms with van der Waals surface area (Å²) in [6, 6.07) is 13.1. The molecule has 3 N–H and O–H groups in total. The first-order valence-electron chi connectivity index (χ1n) is 7.97. The number of methoxy groups -OCH3 is 1. The van der Waals surface area contributed by atoms with Crippen molar-refractivity contribution in [2.75, 3.05) is 12.4 Å². The van der Waals surface area contributed by atoms with E-state index in [1.165, 1.54) is 0 Å². The third kappa shape index (κ3) is 3.65. The zero-order valence-corrected chi connectivity index (χ0v) is 15.1. The number of nitrogens with one attached hydrogen (secondary N) is 3. The molecule has 1 heterocycles. The molecule has 2 aromatic rings. The number of hydrogen-bond acceptors (Lipinski definition) is 3. The van der Waals surface area contributed by atoms with Gasteiger partial charge >= 0.3 is 6.03 Å². The lowest BCUT2D eigenvalue weighted by Gasteiger charge is -2.29. The molecule has 0 aromatic heterocycles. The van der Waals surface area contributed by atoms with Crippen molar-refractivity contribution in [2.45, 2.75) is 13.0 Å². The highest BCUT2D eigenvalue weighted by molar-refractivity contribution is 6.31. The van der Waals surface area contributed by atoms with E-state index in [-0.39, 0.29) is 11.9 Å². The maximum absolute atomic E-state index is 12.9. The Bertz CT molecular complexity index is 878. The molecule has 0 unspecified atom stereocenters. The molecule has 1 aliphatic heterocycles. The lowest BCUT2D eigenvalue weighted by molar-refractivity contribution is -0.113. The van der Waals surface area contributed by atoms with Crippen LogP contribution in [-0.4, -0.2) is 19.0 Å². The van der Waals surface area contributed by atoms with Gasteiger partial charge in [-0.05, 0) is 42.8 Å². The molecule has 6 nitrogen and oxygen atoms in total. The molecule has 0 saturated heterocycles. The van der Waals surface area contributed by atoms with E-state index in [1.807, 2.05) is 6.07 Å². The summed E-state index contributed by atoms with van der Waals surface area (Å²) >= 11 is 6.28. The molecule has 0 radical (unpaired) electrons. The predicted molar refractivity (Wildman–Crippen MR) is 100 cm³/mol. The highest BCUT2D eigenvalue weighted by atomic mass is 35.5. The van der Waals surface area contributed by atoms with Crippen molar-refractivity contribution in [1.29, 1.82) is 0 Å². The molecule has 1 atom stereocenters. The first-order chi connectivity index (χ1) is 12.5. The Morgan fingerprint density at radius 1 is 1.15 bits per heavy atom. The van der Waals surface area contributed by atoms with E-state index in [4.69, 9.17) is 16.3 Å². The molecule has 1 aliphatic rings. The summed E-state index contributed by atoms with van der Waals surface area (Å²) in [6.45, 7) is 1.69. The molecule has 0 bridgehead atoms. The van der Waals surface area contributed by atoms with Gasteiger partial charge in [-0.1, -0.05) is 29.8 Å². The van der Waals surface area contributed by atoms with Crippen LogP contribution in [-0.2, 0) is 4.79 Å². The van der Waals surface area contributed by atoms with Gasteiger partial charge in [-0.15, -0.1) is 0 Å². The number of rotatable bonds is 4. The molecule has 2 aromatic carbocycles. The lowest BCUT2D eigenvalue weighted by atomic mass is 9.94. The van der Waals surface area contributed by atoms with Gasteiger partial charge in [0.25, 0.3) is 5.91 Å². The maximum Gasteiger partial charge on any atom is 0.319 e. The molecule has 0 aliphatic carbocycles. The first kappa shape index (κ1) is 17.8. The normalized spacial score (nSPS) is 16.6. The van der Waals surface area contributed by atoms with Crippen LogP contribution in [0.4, 0.5) is 10.5 Å². The fraction of sp³-hybridized carbons (Fsp3) is 0.158. The fourth-order valence-corrected chi connectivity index (χ4v) is 3.05. The van der Waals surface area contributed by atoms with Crippen LogP contribution >= 0.6 is 11.6 Å². The second-order valence-corrected chi connectivity index (χ2v) is 6.18. The van der Waals surface area contributed by atoms with Gasteiger partial charge in [0.1, 0.15) is 5.75 Å². The van der Waals surface area contributed by atoms with E-state index in [1.54, 1.807) is 56.5 Å². The van der Waals surface area contributed by atoms with Gasteiger partial charge in [0.15, 0.2) is 0 Å². The van der Waals surface area contributed by atoms with Gasteiger partial charge in [-0.3, -0.25) is 4.79 Å². The second kappa shape index (κ2) is 7.49. The highest BCUT2D eigenvalue weighted by Crippen LogP contribution is 2.32. The quantitative estimate of drug-likeness (QED) is 0.768. The van der Waals surface area contributed by atoms with Crippen LogP contribution in [0.5, 0.6) is 5.75 Å². The van der Waals surface area contributed by atoms with Gasteiger partial charge in [-0.2, -0.15) is 0 Å². The summed E-state index contributed by atoms with van der Waals surface area (Å²) in [4.78, 5) is 24.8. The van der Waals surface area contributed by atoms with Gasteiger partial charge in [0, 0.05) is 16.4 Å². The van der Waals surface area contributed by atoms with E-state index in [0.717, 1.165) is 0 Å². The second-order valence-electron chi connectivity index (χ2n) is 5.77. The zero-order chi connectivity index (χ0) is 18.7. The number of benzene rings is 2. The number of carbonyl (C=O) groups is 2. The zero-order valence-electron chi connectivity index (χ0n) is 14.3. The summed E-state index contributed by atoms with van der Waals surface area (Å²) in [7, 11) is 1.58. The van der Waals surface area contributed by atoms with Crippen molar-refractivity contribution < 1.29 is 14.3 Å². The molecule has 26 heavy (non-hydrogen) atoms. The Morgan fingerprint density at radius 2 is 1.85 bits per heavy atom. The summed E-state index contributed by atoms with van der Waals surface area (Å²) in [5.41, 5.74) is 2.15. The number of halogens is 1. The Balaban J connectivity index is 1.93. The van der Waals surface area contributed by atoms with Crippen molar-refractivity contribution in [3.05, 3.63) is 70.4 Å². The summed E-state index contributed by atoms with van der Waals surface area (Å²) in [5.74, 6) is 0.365. The number of urea groups is 1. The van der Waals surface area contributed by atoms with Gasteiger partial charge in [-0.25, -0.2) is 4.79 Å². The lowest BCUT2D eigenvalue weighted by Crippen LogP contribution is -2.46. The van der Waals surface area contributed by atoms with Crippen LogP contribution in [0.3, 0.4) is 0 Å². The Kier molecular flexibility index (Phi) is 5.14. The molecule has 3 rings (SSSR count). The van der Waals surface area contributed by atoms with Crippen molar-refractivity contribution in [3.63, 3.8) is 0 Å². The van der Waals surface area contributed by atoms with Crippen molar-refractivity contribution >= 4 is 29.2 Å². The highest BCUT2D eigenvalue weighted by Gasteiger charge is 2.32. The summed E-state index contributed by atoms with van der Waals surface area (Å²) < 4.78 is 5.11. The standard InChI is InChI=1S/C19H18ClN3O3/c1-11-16(18(24)22-12-7-9-13(26-2)10-8-12)17(23-19(25)21-11)14-5-3-4-6-15(14)20/h3-10,17H,1-2H3,(H,22,24)(H2,21,23,25)/t17-/m0/s1. The number of amides is 3. The number of ether oxygens (including phenoxy) is 1. The molecule has 0 fully saturated rings. The van der Waals surface area contributed by atoms with Crippen LogP contribution in [0.15, 0.2) is 59.8 Å². The van der Waals surface area contributed by atoms with Crippen molar-refractivity contribution in [3.8, 4) is 5.75 Å². The maximum atomic E-state index is 12.9. The smallest absolute Gasteiger partial charge is 0.319 e. The number of allylic oxidation sites excluding steroid dienone is 1. The van der Waals surface area contributed by atoms with Gasteiger partial charge in [0.05, 0.1) is 18.7 Å². The monoisotopic (exact) mass is 371 g/mol. The average molecular weight is 372 g/mol. The van der Waals surface area contributed by atoms with E-state index in [0.29, 0.717) is 33.3 Å². The van der Waals surface area contributed by atoms with E-state index in [2.05, 4.69) is 16.0 Å². The third-order valence-electron chi connectivity index (χ3n) is 4.08. The number of hydrogen-bond donors (Lipinski definition) is 3. The fourth-order valence-electron chi connectivity index (χ4n) is 2.81. The molecule has 3 amide bonds. The third-order valence-corrected chi connectivity index (χ3v) is 4.42. The number of anilines is 1. The average Bonchev–Trinajstić information content (AvgIpc) is 2.62. The van der Waals surface area contributed by atoms with Crippen molar-refractivity contribution in [1.82, 2.24) is 10.6 Å². The van der Waals surface area contributed by atoms with Crippen LogP contribution < -0.4 is 20.7 Å². The van der Waals surface area contributed by atoms with E-state index in [9.17, 15) is 9.59 Å². The topological polar surface area (TPSA) is 79.5 Å². The minimum absolute atomic E-state index is 0.329. The van der Waals surface area contributed by atoms with Crippen molar-refractivity contribution in [2.24, 2.45) is 0 Å². The minimum Gasteiger partial charge on any atom is -0.497 e. The minimum atomic E-state index is -0.643. The van der Waals surface area contributed by atoms with Gasteiger partial charge < -0.3 is 20.7 Å². The Hall–Kier alpha value is -2.99. The molecule has 7 heteroatoms. The largest absolute Gasteiger partial charge is 0.497 e. The SMILES string of the molecule is COc1ccc(NC(=O)C2=C(C)NC(=O)N[C@H]2c2ccccc2Cl)cc1. The first-order valence-corrected chi connectivity index (χ1v) is 8.35. The van der Waals surface area contributed by atoms with Crippen LogP contribution in [0.1, 0.15) is 18.5 Å². The Morgan fingerprint density at radius 3 is 2.50 bits per heavy atom. The number of carbonyl (C=O) groups excluding carboxylic acids is 2.